The summed E-state index contributed by atoms with van der Waals surface area (Å²) in [5.74, 6) is 0.782. The zero-order valence-corrected chi connectivity index (χ0v) is 14.3. The van der Waals surface area contributed by atoms with Gasteiger partial charge in [0, 0.05) is 16.5 Å². The van der Waals surface area contributed by atoms with E-state index in [9.17, 15) is 4.79 Å². The third kappa shape index (κ3) is 3.78. The first-order valence-electron chi connectivity index (χ1n) is 7.55. The molecule has 1 aromatic heterocycles. The monoisotopic (exact) mass is 335 g/mol. The van der Waals surface area contributed by atoms with Crippen molar-refractivity contribution < 1.29 is 9.53 Å². The van der Waals surface area contributed by atoms with E-state index in [1.54, 1.807) is 30.6 Å². The number of hydrogen-bond donors (Lipinski definition) is 0. The Morgan fingerprint density at radius 3 is 2.79 bits per heavy atom. The molecule has 0 unspecified atom stereocenters. The van der Waals surface area contributed by atoms with Gasteiger partial charge in [0.25, 0.3) is 0 Å². The number of methoxy groups -OCH3 is 1. The molecule has 2 aromatic carbocycles. The van der Waals surface area contributed by atoms with Gasteiger partial charge in [0.05, 0.1) is 12.8 Å². The summed E-state index contributed by atoms with van der Waals surface area (Å²) < 4.78 is 5.24. The van der Waals surface area contributed by atoms with Crippen LogP contribution in [0.2, 0.25) is 0 Å². The van der Waals surface area contributed by atoms with Gasteiger partial charge in [0.1, 0.15) is 10.8 Å². The minimum Gasteiger partial charge on any atom is -0.497 e. The second kappa shape index (κ2) is 7.23. The number of carbonyl (C=O) groups excluding carboxylic acids is 1. The lowest BCUT2D eigenvalue weighted by molar-refractivity contribution is 0.104. The number of hydrogen-bond acceptors (Lipinski definition) is 4. The van der Waals surface area contributed by atoms with Crippen LogP contribution in [-0.2, 0) is 0 Å². The summed E-state index contributed by atoms with van der Waals surface area (Å²) in [7, 11) is 1.64. The normalized spacial score (nSPS) is 10.9. The average Bonchev–Trinajstić information content (AvgIpc) is 3.09. The summed E-state index contributed by atoms with van der Waals surface area (Å²) in [6, 6.07) is 15.3. The summed E-state index contributed by atoms with van der Waals surface area (Å²) in [5, 5.41) is 2.84. The maximum absolute atomic E-state index is 12.2. The molecular weight excluding hydrogens is 318 g/mol. The van der Waals surface area contributed by atoms with Gasteiger partial charge in [-0.2, -0.15) is 0 Å². The summed E-state index contributed by atoms with van der Waals surface area (Å²) >= 11 is 1.54. The SMILES string of the molecule is COc1cccc(-c2nc(/C=C/C(=O)c3cccc(C)c3)cs2)c1. The predicted octanol–water partition coefficient (Wildman–Crippen LogP) is 5.02. The third-order valence-corrected chi connectivity index (χ3v) is 4.46. The molecule has 3 rings (SSSR count). The van der Waals surface area contributed by atoms with E-state index in [4.69, 9.17) is 4.74 Å². The summed E-state index contributed by atoms with van der Waals surface area (Å²) in [6.45, 7) is 1.97. The standard InChI is InChI=1S/C20H17NO2S/c1-14-5-3-6-15(11-14)19(22)10-9-17-13-24-20(21-17)16-7-4-8-18(12-16)23-2/h3-13H,1-2H3/b10-9+. The van der Waals surface area contributed by atoms with Crippen molar-refractivity contribution in [3.63, 3.8) is 0 Å². The first-order valence-corrected chi connectivity index (χ1v) is 8.43. The van der Waals surface area contributed by atoms with Crippen LogP contribution < -0.4 is 4.74 Å². The highest BCUT2D eigenvalue weighted by atomic mass is 32.1. The number of aryl methyl sites for hydroxylation is 1. The Bertz CT molecular complexity index is 896. The third-order valence-electron chi connectivity index (χ3n) is 3.55. The van der Waals surface area contributed by atoms with E-state index in [1.807, 2.05) is 60.8 Å². The number of rotatable bonds is 5. The number of ether oxygens (including phenoxy) is 1. The second-order valence-electron chi connectivity index (χ2n) is 5.38. The van der Waals surface area contributed by atoms with E-state index in [2.05, 4.69) is 4.98 Å². The molecule has 4 heteroatoms. The molecule has 3 aromatic rings. The van der Waals surface area contributed by atoms with Crippen LogP contribution in [0.3, 0.4) is 0 Å². The van der Waals surface area contributed by atoms with Gasteiger partial charge < -0.3 is 4.74 Å². The highest BCUT2D eigenvalue weighted by Gasteiger charge is 2.06. The molecule has 0 saturated heterocycles. The minimum atomic E-state index is -0.0189. The molecule has 0 radical (unpaired) electrons. The summed E-state index contributed by atoms with van der Waals surface area (Å²) in [5.41, 5.74) is 3.54. The van der Waals surface area contributed by atoms with Crippen LogP contribution in [0, 0.1) is 6.92 Å². The lowest BCUT2D eigenvalue weighted by Gasteiger charge is -2.00. The van der Waals surface area contributed by atoms with Gasteiger partial charge in [-0.05, 0) is 37.3 Å². The highest BCUT2D eigenvalue weighted by Crippen LogP contribution is 2.27. The fraction of sp³-hybridized carbons (Fsp3) is 0.100. The zero-order valence-electron chi connectivity index (χ0n) is 13.5. The first-order chi connectivity index (χ1) is 11.7. The molecule has 0 fully saturated rings. The van der Waals surface area contributed by atoms with Gasteiger partial charge in [0.15, 0.2) is 5.78 Å². The smallest absolute Gasteiger partial charge is 0.185 e. The minimum absolute atomic E-state index is 0.0189. The topological polar surface area (TPSA) is 39.2 Å². The van der Waals surface area contributed by atoms with Crippen LogP contribution in [0.4, 0.5) is 0 Å². The first kappa shape index (κ1) is 16.1. The number of ketones is 1. The van der Waals surface area contributed by atoms with Crippen molar-refractivity contribution >= 4 is 23.2 Å². The van der Waals surface area contributed by atoms with E-state index < -0.39 is 0 Å². The van der Waals surface area contributed by atoms with Crippen LogP contribution in [0.25, 0.3) is 16.6 Å². The lowest BCUT2D eigenvalue weighted by atomic mass is 10.1. The molecule has 0 atom stereocenters. The fourth-order valence-electron chi connectivity index (χ4n) is 2.31. The van der Waals surface area contributed by atoms with E-state index in [-0.39, 0.29) is 5.78 Å². The maximum atomic E-state index is 12.2. The Kier molecular flexibility index (Phi) is 4.87. The average molecular weight is 335 g/mol. The quantitative estimate of drug-likeness (QED) is 0.485. The van der Waals surface area contributed by atoms with Crippen molar-refractivity contribution in [3.05, 3.63) is 76.8 Å². The molecule has 24 heavy (non-hydrogen) atoms. The number of allylic oxidation sites excluding steroid dienone is 1. The molecule has 0 aliphatic carbocycles. The fourth-order valence-corrected chi connectivity index (χ4v) is 3.09. The van der Waals surface area contributed by atoms with Crippen molar-refractivity contribution in [1.29, 1.82) is 0 Å². The molecular formula is C20H17NO2S. The number of thiazole rings is 1. The van der Waals surface area contributed by atoms with E-state index in [0.29, 0.717) is 5.56 Å². The van der Waals surface area contributed by atoms with Gasteiger partial charge in [-0.1, -0.05) is 35.9 Å². The van der Waals surface area contributed by atoms with Crippen molar-refractivity contribution in [3.8, 4) is 16.3 Å². The molecule has 0 amide bonds. The van der Waals surface area contributed by atoms with Crippen LogP contribution in [0.15, 0.2) is 60.0 Å². The van der Waals surface area contributed by atoms with Crippen LogP contribution in [0.1, 0.15) is 21.6 Å². The molecule has 0 aliphatic rings. The molecule has 0 N–H and O–H groups in total. The van der Waals surface area contributed by atoms with Gasteiger partial charge in [-0.15, -0.1) is 11.3 Å². The second-order valence-corrected chi connectivity index (χ2v) is 6.23. The summed E-state index contributed by atoms with van der Waals surface area (Å²) in [4.78, 5) is 16.8. The highest BCUT2D eigenvalue weighted by molar-refractivity contribution is 7.13. The van der Waals surface area contributed by atoms with Crippen molar-refractivity contribution in [2.24, 2.45) is 0 Å². The lowest BCUT2D eigenvalue weighted by Crippen LogP contribution is -1.94. The van der Waals surface area contributed by atoms with Gasteiger partial charge in [-0.25, -0.2) is 4.98 Å². The van der Waals surface area contributed by atoms with Crippen molar-refractivity contribution in [2.75, 3.05) is 7.11 Å². The van der Waals surface area contributed by atoms with E-state index in [1.165, 1.54) is 0 Å². The molecule has 0 saturated carbocycles. The molecule has 1 heterocycles. The number of nitrogens with zero attached hydrogens (tertiary/aromatic N) is 1. The van der Waals surface area contributed by atoms with Crippen molar-refractivity contribution in [2.45, 2.75) is 6.92 Å². The number of aromatic nitrogens is 1. The van der Waals surface area contributed by atoms with Crippen LogP contribution in [0.5, 0.6) is 5.75 Å². The van der Waals surface area contributed by atoms with Crippen LogP contribution >= 0.6 is 11.3 Å². The molecule has 120 valence electrons. The number of benzene rings is 2. The van der Waals surface area contributed by atoms with E-state index in [0.717, 1.165) is 27.6 Å². The van der Waals surface area contributed by atoms with Crippen LogP contribution in [-0.4, -0.2) is 17.9 Å². The van der Waals surface area contributed by atoms with E-state index >= 15 is 0 Å². The van der Waals surface area contributed by atoms with Gasteiger partial charge >= 0.3 is 0 Å². The molecule has 0 bridgehead atoms. The van der Waals surface area contributed by atoms with Gasteiger partial charge in [-0.3, -0.25) is 4.79 Å². The zero-order chi connectivity index (χ0) is 16.9. The molecule has 3 nitrogen and oxygen atoms in total. The largest absolute Gasteiger partial charge is 0.497 e. The Morgan fingerprint density at radius 2 is 2.00 bits per heavy atom. The Morgan fingerprint density at radius 1 is 1.17 bits per heavy atom. The molecule has 0 aliphatic heterocycles. The molecule has 0 spiro atoms. The Labute approximate surface area is 145 Å². The maximum Gasteiger partial charge on any atom is 0.185 e. The predicted molar refractivity (Wildman–Crippen MR) is 98.6 cm³/mol. The Balaban J connectivity index is 1.77. The summed E-state index contributed by atoms with van der Waals surface area (Å²) in [6.07, 6.45) is 3.32. The number of carbonyl (C=O) groups is 1. The Hall–Kier alpha value is -2.72. The van der Waals surface area contributed by atoms with Gasteiger partial charge in [0.2, 0.25) is 0 Å². The van der Waals surface area contributed by atoms with Crippen molar-refractivity contribution in [1.82, 2.24) is 4.98 Å².